The lowest BCUT2D eigenvalue weighted by Crippen LogP contribution is -2.18. The van der Waals surface area contributed by atoms with Crippen molar-refractivity contribution in [2.45, 2.75) is 31.6 Å². The lowest BCUT2D eigenvalue weighted by atomic mass is 10.1. The first kappa shape index (κ1) is 14.0. The second-order valence-electron chi connectivity index (χ2n) is 4.32. The largest absolute Gasteiger partial charge is 0.306 e. The van der Waals surface area contributed by atoms with E-state index in [1.807, 2.05) is 18.5 Å². The average molecular weight is 273 g/mol. The Morgan fingerprint density at radius 3 is 2.47 bits per heavy atom. The summed E-state index contributed by atoms with van der Waals surface area (Å²) in [6, 6.07) is 10.8. The summed E-state index contributed by atoms with van der Waals surface area (Å²) in [6.45, 7) is 5.05. The summed E-state index contributed by atoms with van der Waals surface area (Å²) in [5.74, 6) is 1.00. The van der Waals surface area contributed by atoms with Crippen LogP contribution < -0.4 is 5.32 Å². The van der Waals surface area contributed by atoms with Gasteiger partial charge in [-0.2, -0.15) is 0 Å². The molecule has 0 saturated heterocycles. The van der Waals surface area contributed by atoms with Gasteiger partial charge in [-0.25, -0.2) is 9.97 Å². The summed E-state index contributed by atoms with van der Waals surface area (Å²) >= 11 is 1.66. The predicted molar refractivity (Wildman–Crippen MR) is 80.1 cm³/mol. The van der Waals surface area contributed by atoms with E-state index >= 15 is 0 Å². The molecule has 0 aliphatic carbocycles. The summed E-state index contributed by atoms with van der Waals surface area (Å²) in [4.78, 5) is 8.66. The molecule has 1 N–H and O–H groups in total. The van der Waals surface area contributed by atoms with Gasteiger partial charge in [0.1, 0.15) is 0 Å². The van der Waals surface area contributed by atoms with E-state index in [9.17, 15) is 0 Å². The van der Waals surface area contributed by atoms with Crippen LogP contribution in [0.25, 0.3) is 0 Å². The fourth-order valence-electron chi connectivity index (χ4n) is 1.77. The molecule has 0 aliphatic rings. The predicted octanol–water partition coefficient (Wildman–Crippen LogP) is 3.44. The number of benzene rings is 1. The Balaban J connectivity index is 1.88. The fourth-order valence-corrected chi connectivity index (χ4v) is 2.28. The highest BCUT2D eigenvalue weighted by Gasteiger charge is 2.04. The zero-order chi connectivity index (χ0) is 13.5. The van der Waals surface area contributed by atoms with Crippen molar-refractivity contribution in [3.8, 4) is 0 Å². The smallest absolute Gasteiger partial charge is 0.187 e. The topological polar surface area (TPSA) is 37.8 Å². The standard InChI is InChI=1S/C15H19N3S/c1-3-19-15-17-10-13(11-18-15)9-16-12(2)14-7-5-4-6-8-14/h4-8,10-12,16H,3,9H2,1-2H3. The summed E-state index contributed by atoms with van der Waals surface area (Å²) < 4.78 is 0. The number of nitrogens with one attached hydrogen (secondary N) is 1. The number of hydrogen-bond donors (Lipinski definition) is 1. The molecule has 4 heteroatoms. The summed E-state index contributed by atoms with van der Waals surface area (Å²) in [7, 11) is 0. The van der Waals surface area contributed by atoms with Gasteiger partial charge in [0.2, 0.25) is 0 Å². The number of hydrogen-bond acceptors (Lipinski definition) is 4. The molecule has 2 rings (SSSR count). The Labute approximate surface area is 118 Å². The van der Waals surface area contributed by atoms with Crippen molar-refractivity contribution in [1.82, 2.24) is 15.3 Å². The van der Waals surface area contributed by atoms with E-state index in [0.29, 0.717) is 6.04 Å². The van der Waals surface area contributed by atoms with E-state index in [4.69, 9.17) is 0 Å². The van der Waals surface area contributed by atoms with Gasteiger partial charge in [-0.3, -0.25) is 0 Å². The molecule has 0 radical (unpaired) electrons. The van der Waals surface area contributed by atoms with Crippen LogP contribution in [0.5, 0.6) is 0 Å². The molecule has 1 heterocycles. The molecular formula is C15H19N3S. The molecule has 3 nitrogen and oxygen atoms in total. The molecular weight excluding hydrogens is 254 g/mol. The van der Waals surface area contributed by atoms with E-state index in [-0.39, 0.29) is 0 Å². The fraction of sp³-hybridized carbons (Fsp3) is 0.333. The van der Waals surface area contributed by atoms with E-state index in [2.05, 4.69) is 53.4 Å². The van der Waals surface area contributed by atoms with Crippen molar-refractivity contribution in [3.05, 3.63) is 53.9 Å². The van der Waals surface area contributed by atoms with E-state index in [1.165, 1.54) is 5.56 Å². The molecule has 0 aliphatic heterocycles. The van der Waals surface area contributed by atoms with Crippen LogP contribution in [-0.2, 0) is 6.54 Å². The molecule has 2 aromatic rings. The van der Waals surface area contributed by atoms with Crippen LogP contribution in [0.3, 0.4) is 0 Å². The van der Waals surface area contributed by atoms with Gasteiger partial charge in [0.15, 0.2) is 5.16 Å². The third-order valence-corrected chi connectivity index (χ3v) is 3.62. The average Bonchev–Trinajstić information content (AvgIpc) is 2.47. The molecule has 0 bridgehead atoms. The lowest BCUT2D eigenvalue weighted by molar-refractivity contribution is 0.571. The molecule has 100 valence electrons. The maximum atomic E-state index is 4.33. The molecule has 1 aromatic carbocycles. The minimum Gasteiger partial charge on any atom is -0.306 e. The molecule has 0 amide bonds. The van der Waals surface area contributed by atoms with Crippen LogP contribution in [0.15, 0.2) is 47.9 Å². The van der Waals surface area contributed by atoms with E-state index < -0.39 is 0 Å². The quantitative estimate of drug-likeness (QED) is 0.646. The maximum Gasteiger partial charge on any atom is 0.187 e. The highest BCUT2D eigenvalue weighted by Crippen LogP contribution is 2.13. The van der Waals surface area contributed by atoms with Gasteiger partial charge in [-0.1, -0.05) is 49.0 Å². The number of aromatic nitrogens is 2. The van der Waals surface area contributed by atoms with Gasteiger partial charge in [-0.15, -0.1) is 0 Å². The van der Waals surface area contributed by atoms with Crippen molar-refractivity contribution in [3.63, 3.8) is 0 Å². The molecule has 0 fully saturated rings. The zero-order valence-electron chi connectivity index (χ0n) is 11.3. The van der Waals surface area contributed by atoms with Crippen molar-refractivity contribution in [2.24, 2.45) is 0 Å². The summed E-state index contributed by atoms with van der Waals surface area (Å²) in [5.41, 5.74) is 2.41. The monoisotopic (exact) mass is 273 g/mol. The van der Waals surface area contributed by atoms with Crippen LogP contribution in [0.1, 0.15) is 31.0 Å². The van der Waals surface area contributed by atoms with Crippen LogP contribution >= 0.6 is 11.8 Å². The van der Waals surface area contributed by atoms with Crippen LogP contribution in [0.2, 0.25) is 0 Å². The zero-order valence-corrected chi connectivity index (χ0v) is 12.2. The van der Waals surface area contributed by atoms with Crippen molar-refractivity contribution in [1.29, 1.82) is 0 Å². The highest BCUT2D eigenvalue weighted by atomic mass is 32.2. The Morgan fingerprint density at radius 1 is 1.16 bits per heavy atom. The Bertz CT molecular complexity index is 485. The normalized spacial score (nSPS) is 12.3. The molecule has 1 unspecified atom stereocenters. The van der Waals surface area contributed by atoms with E-state index in [0.717, 1.165) is 23.0 Å². The second kappa shape index (κ2) is 7.26. The van der Waals surface area contributed by atoms with Crippen molar-refractivity contribution in [2.75, 3.05) is 5.75 Å². The SMILES string of the molecule is CCSc1ncc(CNC(C)c2ccccc2)cn1. The minimum absolute atomic E-state index is 0.325. The molecule has 0 spiro atoms. The van der Waals surface area contributed by atoms with Gasteiger partial charge in [0.05, 0.1) is 0 Å². The molecule has 19 heavy (non-hydrogen) atoms. The van der Waals surface area contributed by atoms with Crippen LogP contribution in [0, 0.1) is 0 Å². The Kier molecular flexibility index (Phi) is 5.36. The van der Waals surface area contributed by atoms with Gasteiger partial charge in [0.25, 0.3) is 0 Å². The summed E-state index contributed by atoms with van der Waals surface area (Å²) in [5, 5.41) is 4.33. The number of nitrogens with zero attached hydrogens (tertiary/aromatic N) is 2. The Morgan fingerprint density at radius 2 is 1.84 bits per heavy atom. The van der Waals surface area contributed by atoms with Crippen molar-refractivity contribution >= 4 is 11.8 Å². The van der Waals surface area contributed by atoms with Gasteiger partial charge < -0.3 is 5.32 Å². The second-order valence-corrected chi connectivity index (χ2v) is 5.55. The molecule has 0 saturated carbocycles. The maximum absolute atomic E-state index is 4.33. The van der Waals surface area contributed by atoms with Gasteiger partial charge in [0, 0.05) is 30.5 Å². The lowest BCUT2D eigenvalue weighted by Gasteiger charge is -2.13. The first-order valence-electron chi connectivity index (χ1n) is 6.51. The minimum atomic E-state index is 0.325. The van der Waals surface area contributed by atoms with Crippen LogP contribution in [-0.4, -0.2) is 15.7 Å². The van der Waals surface area contributed by atoms with E-state index in [1.54, 1.807) is 11.8 Å². The third-order valence-electron chi connectivity index (χ3n) is 2.87. The number of rotatable bonds is 6. The van der Waals surface area contributed by atoms with Crippen molar-refractivity contribution < 1.29 is 0 Å². The van der Waals surface area contributed by atoms with Crippen LogP contribution in [0.4, 0.5) is 0 Å². The molecule has 1 atom stereocenters. The molecule has 1 aromatic heterocycles. The number of thioether (sulfide) groups is 1. The highest BCUT2D eigenvalue weighted by molar-refractivity contribution is 7.99. The summed E-state index contributed by atoms with van der Waals surface area (Å²) in [6.07, 6.45) is 3.80. The first-order chi connectivity index (χ1) is 9.29. The van der Waals surface area contributed by atoms with Gasteiger partial charge >= 0.3 is 0 Å². The first-order valence-corrected chi connectivity index (χ1v) is 7.50. The van der Waals surface area contributed by atoms with Gasteiger partial charge in [-0.05, 0) is 18.2 Å². The third kappa shape index (κ3) is 4.33. The Hall–Kier alpha value is -1.39.